The number of hydrazine groups is 1. The summed E-state index contributed by atoms with van der Waals surface area (Å²) in [5.41, 5.74) is 2.75. The zero-order chi connectivity index (χ0) is 15.8. The first-order chi connectivity index (χ1) is 10.0. The molecule has 1 aromatic heterocycles. The van der Waals surface area contributed by atoms with Gasteiger partial charge in [0.15, 0.2) is 5.82 Å². The largest absolute Gasteiger partial charge is 0.383 e. The topological polar surface area (TPSA) is 89.7 Å². The second-order valence-corrected chi connectivity index (χ2v) is 4.90. The molecule has 8 heteroatoms. The molecule has 0 saturated carbocycles. The first-order valence-corrected chi connectivity index (χ1v) is 6.84. The van der Waals surface area contributed by atoms with E-state index in [9.17, 15) is 4.79 Å². The van der Waals surface area contributed by atoms with Crippen LogP contribution in [0.4, 0.5) is 5.82 Å². The maximum absolute atomic E-state index is 12.6. The van der Waals surface area contributed by atoms with Crippen molar-refractivity contribution in [2.24, 2.45) is 5.84 Å². The lowest BCUT2D eigenvalue weighted by molar-refractivity contribution is 0.0479. The zero-order valence-electron chi connectivity index (χ0n) is 12.4. The number of nitrogens with one attached hydrogen (secondary N) is 1. The minimum Gasteiger partial charge on any atom is -0.383 e. The van der Waals surface area contributed by atoms with Crippen molar-refractivity contribution in [2.75, 3.05) is 39.4 Å². The third kappa shape index (κ3) is 4.82. The summed E-state index contributed by atoms with van der Waals surface area (Å²) in [6.45, 7) is 3.22. The number of nitrogens with two attached hydrogens (primary N) is 1. The molecule has 0 aliphatic rings. The smallest absolute Gasteiger partial charge is 0.255 e. The molecule has 0 aliphatic carbocycles. The molecule has 0 saturated heterocycles. The summed E-state index contributed by atoms with van der Waals surface area (Å²) in [6, 6.07) is 1.44. The number of hydrogen-bond acceptors (Lipinski definition) is 6. The van der Waals surface area contributed by atoms with Crippen molar-refractivity contribution in [3.05, 3.63) is 22.8 Å². The third-order valence-electron chi connectivity index (χ3n) is 2.96. The van der Waals surface area contributed by atoms with Crippen molar-refractivity contribution in [1.82, 2.24) is 9.88 Å². The van der Waals surface area contributed by atoms with E-state index < -0.39 is 0 Å². The Morgan fingerprint density at radius 2 is 2.24 bits per heavy atom. The summed E-state index contributed by atoms with van der Waals surface area (Å²) >= 11 is 6.00. The van der Waals surface area contributed by atoms with E-state index in [0.29, 0.717) is 31.1 Å². The first-order valence-electron chi connectivity index (χ1n) is 6.46. The predicted octanol–water partition coefficient (Wildman–Crippen LogP) is 1.14. The van der Waals surface area contributed by atoms with Gasteiger partial charge in [-0.1, -0.05) is 11.6 Å². The number of aromatic nitrogens is 1. The molecule has 1 amide bonds. The predicted molar refractivity (Wildman–Crippen MR) is 81.3 cm³/mol. The minimum absolute atomic E-state index is 0.0938. The van der Waals surface area contributed by atoms with E-state index in [1.807, 2.05) is 6.92 Å². The van der Waals surface area contributed by atoms with Crippen LogP contribution in [0.2, 0.25) is 5.02 Å². The highest BCUT2D eigenvalue weighted by molar-refractivity contribution is 6.33. The molecule has 21 heavy (non-hydrogen) atoms. The van der Waals surface area contributed by atoms with E-state index in [4.69, 9.17) is 26.9 Å². The fraction of sp³-hybridized carbons (Fsp3) is 0.538. The number of anilines is 1. The van der Waals surface area contributed by atoms with Gasteiger partial charge in [-0.3, -0.25) is 4.79 Å². The highest BCUT2D eigenvalue weighted by Crippen LogP contribution is 2.20. The number of halogens is 1. The molecule has 3 N–H and O–H groups in total. The molecule has 1 rings (SSSR count). The van der Waals surface area contributed by atoms with Gasteiger partial charge in [0.05, 0.1) is 29.8 Å². The Morgan fingerprint density at radius 1 is 1.52 bits per heavy atom. The Morgan fingerprint density at radius 3 is 2.76 bits per heavy atom. The number of carbonyl (C=O) groups is 1. The Bertz CT molecular complexity index is 473. The fourth-order valence-corrected chi connectivity index (χ4v) is 2.09. The molecule has 0 bridgehead atoms. The molecule has 1 aromatic rings. The van der Waals surface area contributed by atoms with Crippen molar-refractivity contribution in [3.8, 4) is 0 Å². The molecule has 0 radical (unpaired) electrons. The van der Waals surface area contributed by atoms with Crippen molar-refractivity contribution in [3.63, 3.8) is 0 Å². The molecule has 118 valence electrons. The second kappa shape index (κ2) is 8.78. The van der Waals surface area contributed by atoms with Crippen LogP contribution in [0.1, 0.15) is 17.3 Å². The van der Waals surface area contributed by atoms with Gasteiger partial charge in [-0.2, -0.15) is 0 Å². The van der Waals surface area contributed by atoms with E-state index in [-0.39, 0.29) is 17.0 Å². The average Bonchev–Trinajstić information content (AvgIpc) is 2.47. The number of methoxy groups -OCH3 is 2. The highest BCUT2D eigenvalue weighted by Gasteiger charge is 2.22. The fourth-order valence-electron chi connectivity index (χ4n) is 1.87. The number of ether oxygens (including phenoxy) is 2. The molecule has 0 fully saturated rings. The van der Waals surface area contributed by atoms with Gasteiger partial charge in [-0.25, -0.2) is 10.8 Å². The van der Waals surface area contributed by atoms with E-state index in [1.54, 1.807) is 19.1 Å². The second-order valence-electron chi connectivity index (χ2n) is 4.49. The van der Waals surface area contributed by atoms with Crippen molar-refractivity contribution in [2.45, 2.75) is 13.0 Å². The van der Waals surface area contributed by atoms with Gasteiger partial charge in [0.25, 0.3) is 5.91 Å². The molecular formula is C13H21ClN4O3. The van der Waals surface area contributed by atoms with Crippen LogP contribution in [0.25, 0.3) is 0 Å². The summed E-state index contributed by atoms with van der Waals surface area (Å²) < 4.78 is 10.2. The maximum Gasteiger partial charge on any atom is 0.255 e. The number of rotatable bonds is 8. The molecule has 1 unspecified atom stereocenters. The first kappa shape index (κ1) is 17.6. The van der Waals surface area contributed by atoms with Crippen LogP contribution in [-0.4, -0.2) is 55.8 Å². The standard InChI is InChI=1S/C13H21ClN4O3/c1-9(8-21-3)18(4-5-20-2)13(19)10-6-11(14)12(17-15)16-7-10/h6-7,9H,4-5,8,15H2,1-3H3,(H,16,17). The van der Waals surface area contributed by atoms with E-state index in [0.717, 1.165) is 0 Å². The third-order valence-corrected chi connectivity index (χ3v) is 3.25. The summed E-state index contributed by atoms with van der Waals surface area (Å²) in [4.78, 5) is 18.3. The Hall–Kier alpha value is -1.41. The van der Waals surface area contributed by atoms with Gasteiger partial charge >= 0.3 is 0 Å². The maximum atomic E-state index is 12.6. The van der Waals surface area contributed by atoms with Crippen LogP contribution in [0.15, 0.2) is 12.3 Å². The van der Waals surface area contributed by atoms with Gasteiger partial charge in [0.1, 0.15) is 0 Å². The molecule has 0 spiro atoms. The van der Waals surface area contributed by atoms with Crippen LogP contribution in [0, 0.1) is 0 Å². The van der Waals surface area contributed by atoms with Gasteiger partial charge in [-0.05, 0) is 13.0 Å². The summed E-state index contributed by atoms with van der Waals surface area (Å²) in [6.07, 6.45) is 1.43. The highest BCUT2D eigenvalue weighted by atomic mass is 35.5. The minimum atomic E-state index is -0.186. The molecule has 0 aliphatic heterocycles. The number of hydrogen-bond donors (Lipinski definition) is 2. The number of nitrogen functional groups attached to an aromatic ring is 1. The summed E-state index contributed by atoms with van der Waals surface area (Å²) in [5.74, 6) is 5.40. The van der Waals surface area contributed by atoms with Crippen molar-refractivity contribution < 1.29 is 14.3 Å². The lowest BCUT2D eigenvalue weighted by Crippen LogP contribution is -2.43. The van der Waals surface area contributed by atoms with Crippen LogP contribution in [0.5, 0.6) is 0 Å². The van der Waals surface area contributed by atoms with Crippen LogP contribution in [-0.2, 0) is 9.47 Å². The van der Waals surface area contributed by atoms with Crippen molar-refractivity contribution >= 4 is 23.3 Å². The molecule has 1 heterocycles. The van der Waals surface area contributed by atoms with E-state index >= 15 is 0 Å². The normalized spacial score (nSPS) is 12.0. The monoisotopic (exact) mass is 316 g/mol. The zero-order valence-corrected chi connectivity index (χ0v) is 13.2. The molecule has 7 nitrogen and oxygen atoms in total. The Kier molecular flexibility index (Phi) is 7.38. The lowest BCUT2D eigenvalue weighted by Gasteiger charge is -2.28. The molecular weight excluding hydrogens is 296 g/mol. The van der Waals surface area contributed by atoms with Gasteiger partial charge in [0, 0.05) is 27.0 Å². The molecule has 1 atom stereocenters. The van der Waals surface area contributed by atoms with Gasteiger partial charge in [-0.15, -0.1) is 0 Å². The van der Waals surface area contributed by atoms with Gasteiger partial charge in [0.2, 0.25) is 0 Å². The van der Waals surface area contributed by atoms with E-state index in [2.05, 4.69) is 10.4 Å². The van der Waals surface area contributed by atoms with Crippen LogP contribution < -0.4 is 11.3 Å². The summed E-state index contributed by atoms with van der Waals surface area (Å²) in [5, 5.41) is 0.287. The van der Waals surface area contributed by atoms with E-state index in [1.165, 1.54) is 12.3 Å². The molecule has 0 aromatic carbocycles. The Labute approximate surface area is 129 Å². The Balaban J connectivity index is 2.95. The van der Waals surface area contributed by atoms with Crippen molar-refractivity contribution in [1.29, 1.82) is 0 Å². The van der Waals surface area contributed by atoms with Gasteiger partial charge < -0.3 is 19.8 Å². The van der Waals surface area contributed by atoms with Crippen LogP contribution in [0.3, 0.4) is 0 Å². The SMILES string of the molecule is COCCN(C(=O)c1cnc(NN)c(Cl)c1)C(C)COC. The lowest BCUT2D eigenvalue weighted by atomic mass is 10.2. The number of carbonyl (C=O) groups excluding carboxylic acids is 1. The van der Waals surface area contributed by atoms with Crippen LogP contribution >= 0.6 is 11.6 Å². The number of amides is 1. The number of pyridine rings is 1. The quantitative estimate of drug-likeness (QED) is 0.552. The number of nitrogens with zero attached hydrogens (tertiary/aromatic N) is 2. The average molecular weight is 317 g/mol. The summed E-state index contributed by atoms with van der Waals surface area (Å²) in [7, 11) is 3.18.